The molecule has 27 nitrogen and oxygen atoms in total. The summed E-state index contributed by atoms with van der Waals surface area (Å²) in [6.45, 7) is 4.21. The highest BCUT2D eigenvalue weighted by Crippen LogP contribution is 2.48. The van der Waals surface area contributed by atoms with Crippen LogP contribution in [0.2, 0.25) is 0 Å². The van der Waals surface area contributed by atoms with Crippen LogP contribution in [0.5, 0.6) is 0 Å². The van der Waals surface area contributed by atoms with Crippen molar-refractivity contribution >= 4 is 52.2 Å². The molecule has 2 bridgehead atoms. The summed E-state index contributed by atoms with van der Waals surface area (Å²) in [6.07, 6.45) is -12.6. The van der Waals surface area contributed by atoms with Crippen LogP contribution in [0.1, 0.15) is 72.1 Å². The fraction of sp³-hybridized carbons (Fsp3) is 0.775. The normalized spacial score (nSPS) is 30.8. The maximum absolute atomic E-state index is 15.2. The first-order chi connectivity index (χ1) is 32.0. The van der Waals surface area contributed by atoms with Crippen LogP contribution in [0.25, 0.3) is 0 Å². The number of nitrogens with zero attached hydrogens (tertiary/aromatic N) is 2. The predicted molar refractivity (Wildman–Crippen MR) is 230 cm³/mol. The topological polar surface area (TPSA) is 401 Å². The summed E-state index contributed by atoms with van der Waals surface area (Å²) in [5, 5.41) is 49.2. The number of carbonyl (C=O) groups is 6. The Bertz CT molecular complexity index is 2010. The smallest absolute Gasteiger partial charge is 0.408 e. The number of esters is 1. The third kappa shape index (κ3) is 12.8. The molecule has 0 aromatic rings. The van der Waals surface area contributed by atoms with Gasteiger partial charge in [0.1, 0.15) is 43.0 Å². The van der Waals surface area contributed by atoms with Crippen molar-refractivity contribution in [2.24, 2.45) is 17.4 Å². The Labute approximate surface area is 392 Å². The number of carbonyl (C=O) groups excluding carboxylic acids is 6. The van der Waals surface area contributed by atoms with Gasteiger partial charge in [-0.2, -0.15) is 8.42 Å². The largest absolute Gasteiger partial charge is 0.453 e. The number of guanidine groups is 1. The van der Waals surface area contributed by atoms with E-state index in [0.29, 0.717) is 32.4 Å². The molecule has 1 spiro atoms. The highest BCUT2D eigenvalue weighted by molar-refractivity contribution is 7.80. The average molecular weight is 993 g/mol. The van der Waals surface area contributed by atoms with Gasteiger partial charge in [0.2, 0.25) is 11.8 Å². The molecule has 68 heavy (non-hydrogen) atoms. The van der Waals surface area contributed by atoms with Gasteiger partial charge in [-0.15, -0.1) is 0 Å². The number of rotatable bonds is 22. The lowest BCUT2D eigenvalue weighted by Crippen LogP contribution is -2.80. The number of unbranched alkanes of at least 4 members (excludes halogenated alkanes) is 2. The van der Waals surface area contributed by atoms with Gasteiger partial charge in [-0.1, -0.05) is 45.3 Å². The molecule has 4 aliphatic heterocycles. The number of aliphatic hydroxyl groups excluding tert-OH is 3. The molecule has 5 aliphatic rings. The number of methoxy groups -OCH3 is 1. The van der Waals surface area contributed by atoms with Crippen molar-refractivity contribution in [3.63, 3.8) is 0 Å². The quantitative estimate of drug-likeness (QED) is 0.00982. The number of likely N-dealkylation sites (tertiary alicyclic amines) is 1. The number of hydrogen-bond donors (Lipinski definition) is 10. The number of nitrogens with two attached hydrogens (primary N) is 2. The first kappa shape index (κ1) is 54.0. The summed E-state index contributed by atoms with van der Waals surface area (Å²) in [5.41, 5.74) is 9.80. The van der Waals surface area contributed by atoms with Crippen molar-refractivity contribution in [2.45, 2.75) is 151 Å². The molecule has 4 fully saturated rings. The van der Waals surface area contributed by atoms with Gasteiger partial charge in [0, 0.05) is 39.6 Å². The van der Waals surface area contributed by atoms with E-state index < -0.39 is 145 Å². The Balaban J connectivity index is 1.54. The van der Waals surface area contributed by atoms with Gasteiger partial charge in [-0.25, -0.2) is 13.8 Å². The minimum Gasteiger partial charge on any atom is -0.453 e. The second-order valence-electron chi connectivity index (χ2n) is 17.7. The van der Waals surface area contributed by atoms with Gasteiger partial charge in [-0.3, -0.25) is 29.1 Å². The van der Waals surface area contributed by atoms with Crippen molar-refractivity contribution < 1.29 is 89.7 Å². The standard InChI is InChI=1S/C40H64N8O19S/c1-5-6-7-8-26(50)65-30-29(66-38(43)56)28(51)24(17-49)64-36(30)63-21-14-23-32(52)40(15-21)31(46-39(57)67-40)27(34(54)44-11-9-20-10-12-47(16-20)37(41)42)48(23)35(55)22(13-19(2)3)45-33(53)25(61-4)18-62-68(58,59)60/h10,19,21-25,27-32,36,49,51-52H,5-9,11-18H2,1-4H3,(H3,41,42)(H2,43,56)(H,44,54)(H,45,53)(H,46,57)(H,58,59,60)/t21-,22-,23-,24-,25?,27-,28-,29+,30-,31+,32+,36+,40+/m1/s1. The molecule has 28 heteroatoms. The highest BCUT2D eigenvalue weighted by atomic mass is 32.3. The molecule has 0 aromatic carbocycles. The average Bonchev–Trinajstić information content (AvgIpc) is 3.86. The second-order valence-corrected chi connectivity index (χ2v) is 18.8. The molecule has 5 rings (SSSR count). The molecule has 5 amide bonds. The SMILES string of the molecule is CCCCCC(=O)O[C@H]1[C@@H](O[C@@H]2C[C@@H]3[C@H](O)[C@@]4(C2)OC(=O)N[C@H]4[C@H](C(=O)NCCC2=CCN(C(=N)N)C2)N3C(=O)[C@@H](CC(C)C)NC(=O)C(COS(=O)(=O)O)OC)O[C@H](CO)[C@@H](O)[C@@H]1OC(N)=O. The minimum absolute atomic E-state index is 0.00184. The minimum atomic E-state index is -5.03. The maximum Gasteiger partial charge on any atom is 0.408 e. The number of amides is 5. The van der Waals surface area contributed by atoms with Crippen LogP contribution in [0.3, 0.4) is 0 Å². The Kier molecular flexibility index (Phi) is 18.4. The number of aliphatic hydroxyl groups is 3. The van der Waals surface area contributed by atoms with E-state index in [1.807, 2.05) is 13.0 Å². The van der Waals surface area contributed by atoms with E-state index in [2.05, 4.69) is 20.1 Å². The van der Waals surface area contributed by atoms with E-state index in [9.17, 15) is 47.7 Å². The van der Waals surface area contributed by atoms with Crippen molar-refractivity contribution in [2.75, 3.05) is 40.0 Å². The maximum atomic E-state index is 15.2. The molecule has 12 N–H and O–H groups in total. The zero-order valence-corrected chi connectivity index (χ0v) is 39.0. The van der Waals surface area contributed by atoms with Crippen molar-refractivity contribution in [1.82, 2.24) is 25.8 Å². The zero-order chi connectivity index (χ0) is 50.2. The predicted octanol–water partition coefficient (Wildman–Crippen LogP) is -3.01. The van der Waals surface area contributed by atoms with Crippen molar-refractivity contribution in [3.8, 4) is 0 Å². The molecule has 3 saturated heterocycles. The van der Waals surface area contributed by atoms with Crippen LogP contribution in [-0.4, -0.2) is 199 Å². The van der Waals surface area contributed by atoms with Gasteiger partial charge >= 0.3 is 28.6 Å². The summed E-state index contributed by atoms with van der Waals surface area (Å²) in [7, 11) is -3.98. The van der Waals surface area contributed by atoms with Crippen LogP contribution in [0, 0.1) is 11.3 Å². The van der Waals surface area contributed by atoms with E-state index in [4.69, 9.17) is 49.9 Å². The molecule has 4 heterocycles. The van der Waals surface area contributed by atoms with E-state index in [-0.39, 0.29) is 37.7 Å². The van der Waals surface area contributed by atoms with Crippen molar-refractivity contribution in [3.05, 3.63) is 11.6 Å². The van der Waals surface area contributed by atoms with E-state index >= 15 is 4.79 Å². The Morgan fingerprint density at radius 2 is 1.84 bits per heavy atom. The van der Waals surface area contributed by atoms with E-state index in [0.717, 1.165) is 24.0 Å². The van der Waals surface area contributed by atoms with Crippen LogP contribution >= 0.6 is 0 Å². The zero-order valence-electron chi connectivity index (χ0n) is 38.1. The molecule has 13 atom stereocenters. The highest BCUT2D eigenvalue weighted by Gasteiger charge is 2.70. The third-order valence-corrected chi connectivity index (χ3v) is 12.9. The molecule has 1 aliphatic carbocycles. The Hall–Kier alpha value is -4.94. The summed E-state index contributed by atoms with van der Waals surface area (Å²) in [6, 6.07) is -6.17. The summed E-state index contributed by atoms with van der Waals surface area (Å²) >= 11 is 0. The molecule has 1 unspecified atom stereocenters. The lowest BCUT2D eigenvalue weighted by Gasteiger charge is -2.58. The number of nitrogens with one attached hydrogen (secondary N) is 4. The monoisotopic (exact) mass is 992 g/mol. The lowest BCUT2D eigenvalue weighted by atomic mass is 9.66. The Morgan fingerprint density at radius 3 is 2.44 bits per heavy atom. The first-order valence-corrected chi connectivity index (χ1v) is 23.6. The molecule has 384 valence electrons. The van der Waals surface area contributed by atoms with Gasteiger partial charge in [-0.05, 0) is 31.6 Å². The number of hydrogen-bond acceptors (Lipinski definition) is 19. The van der Waals surface area contributed by atoms with Gasteiger partial charge < -0.3 is 81.0 Å². The lowest BCUT2D eigenvalue weighted by molar-refractivity contribution is -0.323. The first-order valence-electron chi connectivity index (χ1n) is 22.3. The second kappa shape index (κ2) is 23.1. The van der Waals surface area contributed by atoms with E-state index in [1.165, 1.54) is 0 Å². The summed E-state index contributed by atoms with van der Waals surface area (Å²) in [4.78, 5) is 84.7. The van der Waals surface area contributed by atoms with Gasteiger partial charge in [0.05, 0.1) is 18.8 Å². The van der Waals surface area contributed by atoms with Crippen LogP contribution in [0.15, 0.2) is 11.6 Å². The fourth-order valence-corrected chi connectivity index (χ4v) is 9.60. The summed E-state index contributed by atoms with van der Waals surface area (Å²) < 4.78 is 70.3. The van der Waals surface area contributed by atoms with Gasteiger partial charge in [0.15, 0.2) is 36.2 Å². The molecular formula is C40H64N8O19S. The molecular weight excluding hydrogens is 929 g/mol. The van der Waals surface area contributed by atoms with Gasteiger partial charge in [0.25, 0.3) is 5.91 Å². The Morgan fingerprint density at radius 1 is 1.12 bits per heavy atom. The molecule has 0 aromatic heterocycles. The fourth-order valence-electron chi connectivity index (χ4n) is 9.30. The van der Waals surface area contributed by atoms with Crippen molar-refractivity contribution in [1.29, 1.82) is 5.41 Å². The van der Waals surface area contributed by atoms with E-state index in [1.54, 1.807) is 18.7 Å². The number of fused-ring (bicyclic) bond motifs is 1. The summed E-state index contributed by atoms with van der Waals surface area (Å²) in [5.74, 6) is -4.11. The number of piperidine rings is 1. The van der Waals surface area contributed by atoms with Crippen LogP contribution in [0.4, 0.5) is 9.59 Å². The van der Waals surface area contributed by atoms with Crippen LogP contribution in [-0.2, 0) is 62.2 Å². The van der Waals surface area contributed by atoms with Crippen LogP contribution < -0.4 is 27.4 Å². The molecule has 1 saturated carbocycles. The number of alkyl carbamates (subject to hydrolysis) is 1. The number of ether oxygens (including phenoxy) is 6. The third-order valence-electron chi connectivity index (χ3n) is 12.5. The molecule has 0 radical (unpaired) electrons. The number of primary amides is 1.